The molecule has 0 bridgehead atoms. The van der Waals surface area contributed by atoms with Crippen LogP contribution < -0.4 is 5.32 Å². The molecule has 4 heteroatoms. The van der Waals surface area contributed by atoms with Crippen molar-refractivity contribution in [2.24, 2.45) is 0 Å². The van der Waals surface area contributed by atoms with Crippen LogP contribution in [0.4, 0.5) is 0 Å². The van der Waals surface area contributed by atoms with Crippen molar-refractivity contribution >= 4 is 5.91 Å². The summed E-state index contributed by atoms with van der Waals surface area (Å²) in [6.07, 6.45) is 2.25. The van der Waals surface area contributed by atoms with E-state index in [1.807, 2.05) is 30.3 Å². The lowest BCUT2D eigenvalue weighted by molar-refractivity contribution is 0.0949. The number of nitrogens with one attached hydrogen (secondary N) is 1. The van der Waals surface area contributed by atoms with Crippen LogP contribution in [0.25, 0.3) is 0 Å². The molecule has 1 saturated carbocycles. The van der Waals surface area contributed by atoms with Gasteiger partial charge in [-0.05, 0) is 25.0 Å². The predicted molar refractivity (Wildman–Crippen MR) is 74.1 cm³/mol. The van der Waals surface area contributed by atoms with Gasteiger partial charge in [-0.1, -0.05) is 35.2 Å². The largest absolute Gasteiger partial charge is 0.360 e. The Morgan fingerprint density at radius 1 is 1.35 bits per heavy atom. The van der Waals surface area contributed by atoms with Crippen LogP contribution in [0.2, 0.25) is 0 Å². The van der Waals surface area contributed by atoms with E-state index in [0.29, 0.717) is 18.2 Å². The van der Waals surface area contributed by atoms with Gasteiger partial charge in [0.1, 0.15) is 5.76 Å². The van der Waals surface area contributed by atoms with E-state index < -0.39 is 0 Å². The molecule has 100 valence electrons. The van der Waals surface area contributed by atoms with E-state index >= 15 is 0 Å². The summed E-state index contributed by atoms with van der Waals surface area (Å²) >= 11 is 0. The van der Waals surface area contributed by atoms with Gasteiger partial charge < -0.3 is 9.84 Å². The molecular formula is C16H14N2O2. The van der Waals surface area contributed by atoms with E-state index in [1.165, 1.54) is 0 Å². The average Bonchev–Trinajstić information content (AvgIpc) is 3.22. The average molecular weight is 266 g/mol. The number of hydrogen-bond acceptors (Lipinski definition) is 3. The maximum absolute atomic E-state index is 11.8. The number of benzene rings is 1. The molecule has 0 unspecified atom stereocenters. The summed E-state index contributed by atoms with van der Waals surface area (Å²) in [5.41, 5.74) is 1.26. The van der Waals surface area contributed by atoms with Gasteiger partial charge in [0.05, 0.1) is 6.54 Å². The molecule has 1 fully saturated rings. The minimum Gasteiger partial charge on any atom is -0.360 e. The molecule has 1 aliphatic carbocycles. The third kappa shape index (κ3) is 3.07. The quantitative estimate of drug-likeness (QED) is 0.867. The highest BCUT2D eigenvalue weighted by molar-refractivity contribution is 5.92. The zero-order chi connectivity index (χ0) is 13.8. The fraction of sp³-hybridized carbons (Fsp3) is 0.250. The molecule has 20 heavy (non-hydrogen) atoms. The fourth-order valence-electron chi connectivity index (χ4n) is 1.84. The highest BCUT2D eigenvalue weighted by Crippen LogP contribution is 2.40. The minimum atomic E-state index is -0.247. The van der Waals surface area contributed by atoms with E-state index in [0.717, 1.165) is 24.2 Å². The predicted octanol–water partition coefficient (Wildman–Crippen LogP) is 2.33. The second kappa shape index (κ2) is 5.62. The van der Waals surface area contributed by atoms with Crippen molar-refractivity contribution < 1.29 is 9.32 Å². The molecule has 0 saturated heterocycles. The molecule has 2 aromatic rings. The Morgan fingerprint density at radius 3 is 2.90 bits per heavy atom. The number of carbonyl (C=O) groups excluding carboxylic acids is 1. The lowest BCUT2D eigenvalue weighted by atomic mass is 10.2. The first-order valence-electron chi connectivity index (χ1n) is 6.61. The summed E-state index contributed by atoms with van der Waals surface area (Å²) in [4.78, 5) is 11.8. The van der Waals surface area contributed by atoms with E-state index in [4.69, 9.17) is 4.52 Å². The van der Waals surface area contributed by atoms with Crippen LogP contribution in [0.15, 0.2) is 40.9 Å². The second-order valence-electron chi connectivity index (χ2n) is 4.74. The molecule has 1 heterocycles. The number of carbonyl (C=O) groups is 1. The number of amides is 1. The molecule has 0 atom stereocenters. The van der Waals surface area contributed by atoms with Crippen LogP contribution in [-0.2, 0) is 0 Å². The number of rotatable bonds is 3. The lowest BCUT2D eigenvalue weighted by Crippen LogP contribution is -2.23. The molecule has 1 amide bonds. The molecule has 1 aromatic carbocycles. The van der Waals surface area contributed by atoms with Crippen molar-refractivity contribution in [3.05, 3.63) is 53.4 Å². The molecule has 0 spiro atoms. The molecule has 1 aliphatic rings. The van der Waals surface area contributed by atoms with Crippen LogP contribution in [-0.4, -0.2) is 17.6 Å². The summed E-state index contributed by atoms with van der Waals surface area (Å²) in [5, 5.41) is 6.49. The van der Waals surface area contributed by atoms with Crippen LogP contribution in [0.1, 0.15) is 40.6 Å². The SMILES string of the molecule is O=C(NCC#Cc1ccccc1)c1cc(C2CC2)on1. The minimum absolute atomic E-state index is 0.247. The normalized spacial score (nSPS) is 13.4. The van der Waals surface area contributed by atoms with Gasteiger partial charge in [0.25, 0.3) is 5.91 Å². The van der Waals surface area contributed by atoms with Crippen LogP contribution >= 0.6 is 0 Å². The third-order valence-corrected chi connectivity index (χ3v) is 3.08. The molecule has 4 nitrogen and oxygen atoms in total. The first-order valence-corrected chi connectivity index (χ1v) is 6.61. The monoisotopic (exact) mass is 266 g/mol. The van der Waals surface area contributed by atoms with Crippen LogP contribution in [0, 0.1) is 11.8 Å². The van der Waals surface area contributed by atoms with Crippen molar-refractivity contribution in [1.29, 1.82) is 0 Å². The summed E-state index contributed by atoms with van der Waals surface area (Å²) < 4.78 is 5.14. The van der Waals surface area contributed by atoms with E-state index in [1.54, 1.807) is 6.07 Å². The van der Waals surface area contributed by atoms with Gasteiger partial charge in [0, 0.05) is 17.5 Å². The zero-order valence-corrected chi connectivity index (χ0v) is 10.9. The van der Waals surface area contributed by atoms with Crippen molar-refractivity contribution in [2.75, 3.05) is 6.54 Å². The van der Waals surface area contributed by atoms with Gasteiger partial charge in [-0.2, -0.15) is 0 Å². The van der Waals surface area contributed by atoms with Gasteiger partial charge in [-0.3, -0.25) is 4.79 Å². The smallest absolute Gasteiger partial charge is 0.274 e. The van der Waals surface area contributed by atoms with Gasteiger partial charge in [-0.25, -0.2) is 0 Å². The molecule has 1 N–H and O–H groups in total. The van der Waals surface area contributed by atoms with Crippen molar-refractivity contribution in [3.63, 3.8) is 0 Å². The first-order chi connectivity index (χ1) is 9.83. The highest BCUT2D eigenvalue weighted by Gasteiger charge is 2.28. The maximum Gasteiger partial charge on any atom is 0.274 e. The standard InChI is InChI=1S/C16H14N2O2/c19-16(14-11-15(20-18-14)13-8-9-13)17-10-4-7-12-5-2-1-3-6-12/h1-3,5-6,11,13H,8-10H2,(H,17,19). The topological polar surface area (TPSA) is 55.1 Å². The van der Waals surface area contributed by atoms with E-state index in [2.05, 4.69) is 22.3 Å². The number of aromatic nitrogens is 1. The zero-order valence-electron chi connectivity index (χ0n) is 10.9. The molecule has 0 radical (unpaired) electrons. The molecule has 3 rings (SSSR count). The Balaban J connectivity index is 1.53. The Bertz CT molecular complexity index is 661. The first kappa shape index (κ1) is 12.5. The van der Waals surface area contributed by atoms with Gasteiger partial charge in [-0.15, -0.1) is 0 Å². The van der Waals surface area contributed by atoms with E-state index in [-0.39, 0.29) is 5.91 Å². The number of nitrogens with zero attached hydrogens (tertiary/aromatic N) is 1. The lowest BCUT2D eigenvalue weighted by Gasteiger charge is -1.95. The highest BCUT2D eigenvalue weighted by atomic mass is 16.5. The summed E-state index contributed by atoms with van der Waals surface area (Å²) in [6, 6.07) is 11.4. The van der Waals surface area contributed by atoms with Crippen molar-refractivity contribution in [2.45, 2.75) is 18.8 Å². The second-order valence-corrected chi connectivity index (χ2v) is 4.74. The van der Waals surface area contributed by atoms with Crippen LogP contribution in [0.5, 0.6) is 0 Å². The summed E-state index contributed by atoms with van der Waals surface area (Å²) in [6.45, 7) is 0.291. The Labute approximate surface area is 117 Å². The third-order valence-electron chi connectivity index (χ3n) is 3.08. The Hall–Kier alpha value is -2.54. The number of hydrogen-bond donors (Lipinski definition) is 1. The summed E-state index contributed by atoms with van der Waals surface area (Å²) in [7, 11) is 0. The molecular weight excluding hydrogens is 252 g/mol. The van der Waals surface area contributed by atoms with Crippen LogP contribution in [0.3, 0.4) is 0 Å². The Kier molecular flexibility index (Phi) is 3.51. The van der Waals surface area contributed by atoms with Gasteiger partial charge in [0.15, 0.2) is 5.69 Å². The molecule has 1 aromatic heterocycles. The summed E-state index contributed by atoms with van der Waals surface area (Å²) in [5.74, 6) is 6.90. The van der Waals surface area contributed by atoms with E-state index in [9.17, 15) is 4.79 Å². The van der Waals surface area contributed by atoms with Gasteiger partial charge >= 0.3 is 0 Å². The maximum atomic E-state index is 11.8. The Morgan fingerprint density at radius 2 is 2.15 bits per heavy atom. The molecule has 0 aliphatic heterocycles. The fourth-order valence-corrected chi connectivity index (χ4v) is 1.84. The van der Waals surface area contributed by atoms with Gasteiger partial charge in [0.2, 0.25) is 0 Å². The van der Waals surface area contributed by atoms with Crippen molar-refractivity contribution in [1.82, 2.24) is 10.5 Å². The van der Waals surface area contributed by atoms with Crippen molar-refractivity contribution in [3.8, 4) is 11.8 Å².